The van der Waals surface area contributed by atoms with Crippen LogP contribution in [0.3, 0.4) is 0 Å². The number of unbranched alkanes of at least 4 members (excludes halogenated alkanes) is 1. The monoisotopic (exact) mass is 706 g/mol. The summed E-state index contributed by atoms with van der Waals surface area (Å²) in [7, 11) is 4.67. The van der Waals surface area contributed by atoms with Crippen molar-refractivity contribution in [2.45, 2.75) is 60.9 Å². The molecule has 11 heteroatoms. The molecule has 49 heavy (non-hydrogen) atoms. The molecular formula is C38H42O9S2. The van der Waals surface area contributed by atoms with E-state index in [1.54, 1.807) is 21.3 Å². The third-order valence-corrected chi connectivity index (χ3v) is 13.2. The lowest BCUT2D eigenvalue weighted by molar-refractivity contribution is -0.154. The van der Waals surface area contributed by atoms with Gasteiger partial charge in [0.1, 0.15) is 6.10 Å². The fraction of sp³-hybridized carbons (Fsp3) is 0.474. The number of hydrogen-bond acceptors (Lipinski definition) is 11. The smallest absolute Gasteiger partial charge is 0.310 e. The van der Waals surface area contributed by atoms with Crippen LogP contribution in [-0.4, -0.2) is 57.7 Å². The van der Waals surface area contributed by atoms with Crippen molar-refractivity contribution in [3.63, 3.8) is 0 Å². The molecule has 3 aromatic carbocycles. The number of fused-ring (bicyclic) bond motifs is 3. The minimum atomic E-state index is -0.674. The van der Waals surface area contributed by atoms with Crippen LogP contribution in [0.25, 0.3) is 0 Å². The second kappa shape index (κ2) is 14.6. The number of carbonyl (C=O) groups excluding carboxylic acids is 2. The van der Waals surface area contributed by atoms with Crippen LogP contribution >= 0.6 is 23.5 Å². The molecule has 3 aromatic rings. The SMILES string of the molecule is COc1cc([C@@H]2c3cc4c(cc3[C@H](OC(=O)CCCCC3CCSC(c5ccccc5C)S3)[C@H]3COC(=O)[C@H]23)OCO4)cc(OC)c1OC. The molecule has 0 aromatic heterocycles. The highest BCUT2D eigenvalue weighted by Gasteiger charge is 2.54. The zero-order valence-corrected chi connectivity index (χ0v) is 29.9. The molecule has 6 atom stereocenters. The molecule has 2 fully saturated rings. The summed E-state index contributed by atoms with van der Waals surface area (Å²) >= 11 is 4.09. The van der Waals surface area contributed by atoms with E-state index in [-0.39, 0.29) is 31.3 Å². The number of esters is 2. The van der Waals surface area contributed by atoms with Crippen molar-refractivity contribution >= 4 is 35.5 Å². The van der Waals surface area contributed by atoms with E-state index < -0.39 is 17.9 Å². The third-order valence-electron chi connectivity index (χ3n) is 10.0. The van der Waals surface area contributed by atoms with Gasteiger partial charge in [-0.25, -0.2) is 0 Å². The van der Waals surface area contributed by atoms with Crippen LogP contribution < -0.4 is 23.7 Å². The largest absolute Gasteiger partial charge is 0.493 e. The van der Waals surface area contributed by atoms with Crippen molar-refractivity contribution in [2.75, 3.05) is 40.5 Å². The van der Waals surface area contributed by atoms with E-state index in [4.69, 9.17) is 33.2 Å². The molecule has 2 saturated heterocycles. The number of benzene rings is 3. The second-order valence-electron chi connectivity index (χ2n) is 12.9. The van der Waals surface area contributed by atoms with E-state index >= 15 is 0 Å². The van der Waals surface area contributed by atoms with E-state index in [0.717, 1.165) is 41.7 Å². The lowest BCUT2D eigenvalue weighted by Gasteiger charge is -2.38. The van der Waals surface area contributed by atoms with E-state index in [2.05, 4.69) is 43.0 Å². The Bertz CT molecular complexity index is 1690. The van der Waals surface area contributed by atoms with Gasteiger partial charge in [0.05, 0.1) is 38.4 Å². The van der Waals surface area contributed by atoms with Crippen molar-refractivity contribution in [1.29, 1.82) is 0 Å². The molecule has 9 nitrogen and oxygen atoms in total. The molecule has 260 valence electrons. The van der Waals surface area contributed by atoms with Crippen molar-refractivity contribution in [3.05, 3.63) is 76.3 Å². The summed E-state index contributed by atoms with van der Waals surface area (Å²) in [5.74, 6) is 1.69. The average molecular weight is 707 g/mol. The lowest BCUT2D eigenvalue weighted by Crippen LogP contribution is -2.36. The number of cyclic esters (lactones) is 1. The summed E-state index contributed by atoms with van der Waals surface area (Å²) in [5, 5.41) is 0.575. The van der Waals surface area contributed by atoms with E-state index in [9.17, 15) is 9.59 Å². The highest BCUT2D eigenvalue weighted by Crippen LogP contribution is 2.57. The average Bonchev–Trinajstić information content (AvgIpc) is 3.75. The summed E-state index contributed by atoms with van der Waals surface area (Å²) in [5.41, 5.74) is 5.15. The van der Waals surface area contributed by atoms with Gasteiger partial charge in [0.2, 0.25) is 12.5 Å². The van der Waals surface area contributed by atoms with Crippen LogP contribution in [0.4, 0.5) is 0 Å². The predicted octanol–water partition coefficient (Wildman–Crippen LogP) is 7.77. The number of thioether (sulfide) groups is 2. The van der Waals surface area contributed by atoms with E-state index in [1.165, 1.54) is 17.5 Å². The maximum Gasteiger partial charge on any atom is 0.310 e. The van der Waals surface area contributed by atoms with Crippen LogP contribution in [0, 0.1) is 18.8 Å². The highest BCUT2D eigenvalue weighted by molar-refractivity contribution is 8.17. The summed E-state index contributed by atoms with van der Waals surface area (Å²) < 4.78 is 40.8. The maximum absolute atomic E-state index is 13.5. The Balaban J connectivity index is 1.09. The lowest BCUT2D eigenvalue weighted by atomic mass is 9.66. The topological polar surface area (TPSA) is 98.8 Å². The van der Waals surface area contributed by atoms with Gasteiger partial charge in [0.15, 0.2) is 23.0 Å². The summed E-state index contributed by atoms with van der Waals surface area (Å²) in [4.78, 5) is 27.0. The Morgan fingerprint density at radius 1 is 0.898 bits per heavy atom. The molecule has 0 bridgehead atoms. The molecule has 7 rings (SSSR count). The zero-order chi connectivity index (χ0) is 34.1. The molecule has 0 N–H and O–H groups in total. The fourth-order valence-corrected chi connectivity index (χ4v) is 11.2. The zero-order valence-electron chi connectivity index (χ0n) is 28.2. The quantitative estimate of drug-likeness (QED) is 0.145. The van der Waals surface area contributed by atoms with Gasteiger partial charge in [-0.1, -0.05) is 30.7 Å². The van der Waals surface area contributed by atoms with Gasteiger partial charge in [-0.3, -0.25) is 9.59 Å². The van der Waals surface area contributed by atoms with Gasteiger partial charge >= 0.3 is 11.9 Å². The first-order valence-corrected chi connectivity index (χ1v) is 18.8. The minimum Gasteiger partial charge on any atom is -0.493 e. The van der Waals surface area contributed by atoms with E-state index in [1.807, 2.05) is 36.0 Å². The van der Waals surface area contributed by atoms with Crippen molar-refractivity contribution in [3.8, 4) is 28.7 Å². The second-order valence-corrected chi connectivity index (χ2v) is 15.8. The molecule has 0 saturated carbocycles. The molecule has 4 aliphatic rings. The van der Waals surface area contributed by atoms with Crippen LogP contribution in [-0.2, 0) is 19.1 Å². The Hall–Kier alpha value is -3.70. The van der Waals surface area contributed by atoms with E-state index in [0.29, 0.717) is 45.0 Å². The minimum absolute atomic E-state index is 0.0934. The standard InChI is InChI=1S/C38H42O9S2/c1-21-9-5-7-11-24(21)38-48-14-13-23(49-38)10-6-8-12-32(39)47-35-26-18-29-28(45-20-46-29)17-25(26)33(34-27(35)19-44-37(34)40)22-15-30(41-2)36(43-4)31(16-22)42-3/h5,7,9,11,15-18,23,27,33-35,38H,6,8,10,12-14,19-20H2,1-4H3/t23?,27-,33+,34-,35-,38?/m0/s1. The number of hydrogen-bond donors (Lipinski definition) is 0. The van der Waals surface area contributed by atoms with Gasteiger partial charge in [-0.15, -0.1) is 23.5 Å². The first kappa shape index (κ1) is 33.8. The number of aryl methyl sites for hydroxylation is 1. The molecule has 0 radical (unpaired) electrons. The van der Waals surface area contributed by atoms with Gasteiger partial charge < -0.3 is 33.2 Å². The normalized spacial score (nSPS) is 25.2. The van der Waals surface area contributed by atoms with Crippen LogP contribution in [0.1, 0.15) is 76.5 Å². The maximum atomic E-state index is 13.5. The summed E-state index contributed by atoms with van der Waals surface area (Å²) in [6.45, 7) is 2.43. The van der Waals surface area contributed by atoms with Crippen LogP contribution in [0.5, 0.6) is 28.7 Å². The third kappa shape index (κ3) is 6.64. The summed E-state index contributed by atoms with van der Waals surface area (Å²) in [6, 6.07) is 16.2. The molecule has 0 amide bonds. The first-order valence-electron chi connectivity index (χ1n) is 16.8. The number of methoxy groups -OCH3 is 3. The van der Waals surface area contributed by atoms with Crippen molar-refractivity contribution in [1.82, 2.24) is 0 Å². The fourth-order valence-electron chi connectivity index (χ4n) is 7.60. The molecule has 1 aliphatic carbocycles. The van der Waals surface area contributed by atoms with Crippen molar-refractivity contribution < 1.29 is 42.7 Å². The molecule has 0 spiro atoms. The van der Waals surface area contributed by atoms with Gasteiger partial charge in [-0.05, 0) is 78.5 Å². The van der Waals surface area contributed by atoms with Crippen LogP contribution in [0.15, 0.2) is 48.5 Å². The molecular weight excluding hydrogens is 665 g/mol. The number of rotatable bonds is 11. The molecule has 3 aliphatic heterocycles. The highest BCUT2D eigenvalue weighted by atomic mass is 32.2. The Morgan fingerprint density at radius 2 is 1.63 bits per heavy atom. The van der Waals surface area contributed by atoms with Crippen LogP contribution in [0.2, 0.25) is 0 Å². The van der Waals surface area contributed by atoms with Gasteiger partial charge in [0, 0.05) is 29.1 Å². The molecule has 2 unspecified atom stereocenters. The Labute approximate surface area is 295 Å². The number of ether oxygens (including phenoxy) is 7. The van der Waals surface area contributed by atoms with Crippen molar-refractivity contribution in [2.24, 2.45) is 11.8 Å². The molecule has 3 heterocycles. The number of carbonyl (C=O) groups is 2. The Morgan fingerprint density at radius 3 is 2.35 bits per heavy atom. The summed E-state index contributed by atoms with van der Waals surface area (Å²) in [6.07, 6.45) is 3.59. The van der Waals surface area contributed by atoms with Gasteiger partial charge in [-0.2, -0.15) is 0 Å². The Kier molecular flexibility index (Phi) is 10.1. The van der Waals surface area contributed by atoms with Gasteiger partial charge in [0.25, 0.3) is 0 Å². The first-order chi connectivity index (χ1) is 23.9. The predicted molar refractivity (Wildman–Crippen MR) is 188 cm³/mol.